The molecule has 0 unspecified atom stereocenters. The van der Waals surface area contributed by atoms with Crippen molar-refractivity contribution in [2.75, 3.05) is 6.61 Å². The Labute approximate surface area is 198 Å². The lowest BCUT2D eigenvalue weighted by Gasteiger charge is -2.38. The summed E-state index contributed by atoms with van der Waals surface area (Å²) >= 11 is 0. The summed E-state index contributed by atoms with van der Waals surface area (Å²) in [5.41, 5.74) is -0.536. The lowest BCUT2D eigenvalue weighted by molar-refractivity contribution is -0.271. The maximum atomic E-state index is 11.9. The topological polar surface area (TPSA) is 152 Å². The van der Waals surface area contributed by atoms with Gasteiger partial charge in [-0.15, -0.1) is 0 Å². The van der Waals surface area contributed by atoms with Gasteiger partial charge in [-0.2, -0.15) is 0 Å². The monoisotopic (exact) mass is 482 g/mol. The van der Waals surface area contributed by atoms with Gasteiger partial charge in [-0.3, -0.25) is 4.79 Å². The van der Waals surface area contributed by atoms with E-state index in [2.05, 4.69) is 0 Å². The maximum absolute atomic E-state index is 11.9. The smallest absolute Gasteiger partial charge is 0.335 e. The molecule has 0 amide bonds. The highest BCUT2D eigenvalue weighted by Gasteiger charge is 2.48. The van der Waals surface area contributed by atoms with Crippen LogP contribution < -0.4 is 9.47 Å². The third kappa shape index (κ3) is 7.42. The van der Waals surface area contributed by atoms with Crippen molar-refractivity contribution in [2.45, 2.75) is 77.8 Å². The van der Waals surface area contributed by atoms with E-state index in [0.29, 0.717) is 5.56 Å². The minimum atomic E-state index is -1.82. The average Bonchev–Trinajstić information content (AvgIpc) is 2.70. The first-order valence-corrected chi connectivity index (χ1v) is 10.9. The third-order valence-corrected chi connectivity index (χ3v) is 4.67. The SMILES string of the molecule is CC(C)(C)Oc1cc(/C=C/COC(=O)C(C)(C)C)ccc1O[C@@H]1O[C@H](C(=O)O)[C@@H](O)[C@H](O)[C@H]1O. The predicted octanol–water partition coefficient (Wildman–Crippen LogP) is 1.74. The van der Waals surface area contributed by atoms with Crippen molar-refractivity contribution in [3.63, 3.8) is 0 Å². The van der Waals surface area contributed by atoms with Gasteiger partial charge in [0.1, 0.15) is 30.5 Å². The lowest BCUT2D eigenvalue weighted by Crippen LogP contribution is -2.61. The Morgan fingerprint density at radius 3 is 2.21 bits per heavy atom. The van der Waals surface area contributed by atoms with Crippen molar-refractivity contribution in [2.24, 2.45) is 5.41 Å². The molecule has 1 aromatic carbocycles. The van der Waals surface area contributed by atoms with E-state index in [4.69, 9.17) is 18.9 Å². The summed E-state index contributed by atoms with van der Waals surface area (Å²) in [5, 5.41) is 39.3. The van der Waals surface area contributed by atoms with E-state index in [-0.39, 0.29) is 24.1 Å². The Morgan fingerprint density at radius 2 is 1.65 bits per heavy atom. The van der Waals surface area contributed by atoms with Crippen LogP contribution in [-0.4, -0.2) is 75.3 Å². The molecule has 1 aliphatic heterocycles. The number of hydrogen-bond acceptors (Lipinski definition) is 9. The molecule has 4 N–H and O–H groups in total. The minimum Gasteiger partial charge on any atom is -0.484 e. The Hall–Kier alpha value is -2.66. The fourth-order valence-corrected chi connectivity index (χ4v) is 2.93. The summed E-state index contributed by atoms with van der Waals surface area (Å²) in [6.45, 7) is 10.8. The first-order valence-electron chi connectivity index (χ1n) is 10.9. The van der Waals surface area contributed by atoms with E-state index in [0.717, 1.165) is 0 Å². The Kier molecular flexibility index (Phi) is 8.70. The number of hydrogen-bond donors (Lipinski definition) is 4. The molecule has 0 spiro atoms. The molecule has 1 aromatic rings. The third-order valence-electron chi connectivity index (χ3n) is 4.67. The van der Waals surface area contributed by atoms with Gasteiger partial charge in [0.2, 0.25) is 6.29 Å². The highest BCUT2D eigenvalue weighted by Crippen LogP contribution is 2.34. The van der Waals surface area contributed by atoms with Crippen molar-refractivity contribution in [1.29, 1.82) is 0 Å². The van der Waals surface area contributed by atoms with E-state index in [1.54, 1.807) is 45.1 Å². The summed E-state index contributed by atoms with van der Waals surface area (Å²) < 4.78 is 22.0. The molecule has 0 saturated carbocycles. The number of ether oxygens (including phenoxy) is 4. The molecule has 0 radical (unpaired) electrons. The molecule has 1 aliphatic rings. The average molecular weight is 483 g/mol. The summed E-state index contributed by atoms with van der Waals surface area (Å²) in [6.07, 6.45) is -5.27. The molecular formula is C24H34O10. The van der Waals surface area contributed by atoms with Crippen LogP contribution in [0, 0.1) is 5.41 Å². The van der Waals surface area contributed by atoms with Gasteiger partial charge in [-0.1, -0.05) is 12.1 Å². The summed E-state index contributed by atoms with van der Waals surface area (Å²) in [5.74, 6) is -1.44. The number of carbonyl (C=O) groups excluding carboxylic acids is 1. The Morgan fingerprint density at radius 1 is 1.00 bits per heavy atom. The Balaban J connectivity index is 2.22. The second-order valence-corrected chi connectivity index (χ2v) is 10.0. The second-order valence-electron chi connectivity index (χ2n) is 10.0. The summed E-state index contributed by atoms with van der Waals surface area (Å²) in [6, 6.07) is 4.85. The van der Waals surface area contributed by atoms with Crippen LogP contribution >= 0.6 is 0 Å². The van der Waals surface area contributed by atoms with Gasteiger partial charge in [0.25, 0.3) is 0 Å². The minimum absolute atomic E-state index is 0.0860. The molecule has 10 nitrogen and oxygen atoms in total. The van der Waals surface area contributed by atoms with Gasteiger partial charge in [-0.05, 0) is 65.3 Å². The number of rotatable bonds is 7. The number of aliphatic carboxylic acids is 1. The van der Waals surface area contributed by atoms with Gasteiger partial charge in [0.05, 0.1) is 5.41 Å². The zero-order chi connectivity index (χ0) is 25.8. The first kappa shape index (κ1) is 27.6. The molecule has 10 heteroatoms. The normalized spacial score (nSPS) is 25.7. The van der Waals surface area contributed by atoms with Gasteiger partial charge < -0.3 is 39.4 Å². The van der Waals surface area contributed by atoms with E-state index >= 15 is 0 Å². The number of aliphatic hydroxyl groups is 3. The number of benzene rings is 1. The van der Waals surface area contributed by atoms with Gasteiger partial charge in [0.15, 0.2) is 17.6 Å². The molecule has 190 valence electrons. The molecule has 0 aromatic heterocycles. The lowest BCUT2D eigenvalue weighted by atomic mass is 9.97. The van der Waals surface area contributed by atoms with Gasteiger partial charge in [0, 0.05) is 0 Å². The molecule has 34 heavy (non-hydrogen) atoms. The van der Waals surface area contributed by atoms with E-state index in [1.165, 1.54) is 6.07 Å². The number of aliphatic hydroxyl groups excluding tert-OH is 3. The fourth-order valence-electron chi connectivity index (χ4n) is 2.93. The molecule has 1 heterocycles. The number of carbonyl (C=O) groups is 2. The standard InChI is InChI=1S/C24H34O10/c1-23(2,3)22(30)31-11-7-8-13-9-10-14(15(12-13)34-24(4,5)6)32-21-18(27)16(25)17(26)19(33-21)20(28)29/h7-10,12,16-19,21,25-27H,11H2,1-6H3,(H,28,29)/b8-7+/t16-,17-,18+,19-,21+/m0/s1. The quantitative estimate of drug-likeness (QED) is 0.423. The van der Waals surface area contributed by atoms with Crippen molar-refractivity contribution in [1.82, 2.24) is 0 Å². The summed E-state index contributed by atoms with van der Waals surface area (Å²) in [7, 11) is 0. The first-order chi connectivity index (χ1) is 15.6. The van der Waals surface area contributed by atoms with E-state index < -0.39 is 47.7 Å². The zero-order valence-corrected chi connectivity index (χ0v) is 20.2. The van der Waals surface area contributed by atoms with Crippen LogP contribution in [0.3, 0.4) is 0 Å². The van der Waals surface area contributed by atoms with Crippen LogP contribution in [0.25, 0.3) is 6.08 Å². The van der Waals surface area contributed by atoms with Crippen LogP contribution in [-0.2, 0) is 19.1 Å². The predicted molar refractivity (Wildman–Crippen MR) is 121 cm³/mol. The molecule has 2 rings (SSSR count). The second kappa shape index (κ2) is 10.7. The number of carboxylic acid groups (broad SMARTS) is 1. The highest BCUT2D eigenvalue weighted by molar-refractivity contribution is 5.75. The highest BCUT2D eigenvalue weighted by atomic mass is 16.7. The number of carboxylic acids is 1. The van der Waals surface area contributed by atoms with Crippen molar-refractivity contribution in [3.05, 3.63) is 29.8 Å². The van der Waals surface area contributed by atoms with Gasteiger partial charge in [-0.25, -0.2) is 4.79 Å². The summed E-state index contributed by atoms with van der Waals surface area (Å²) in [4.78, 5) is 23.2. The maximum Gasteiger partial charge on any atom is 0.335 e. The van der Waals surface area contributed by atoms with Crippen molar-refractivity contribution >= 4 is 18.0 Å². The fraction of sp³-hybridized carbons (Fsp3) is 0.583. The van der Waals surface area contributed by atoms with Gasteiger partial charge >= 0.3 is 11.9 Å². The Bertz CT molecular complexity index is 896. The van der Waals surface area contributed by atoms with E-state index in [1.807, 2.05) is 20.8 Å². The van der Waals surface area contributed by atoms with Crippen molar-refractivity contribution in [3.8, 4) is 11.5 Å². The van der Waals surface area contributed by atoms with E-state index in [9.17, 15) is 30.0 Å². The van der Waals surface area contributed by atoms with Crippen LogP contribution in [0.15, 0.2) is 24.3 Å². The molecule has 0 aliphatic carbocycles. The van der Waals surface area contributed by atoms with Crippen LogP contribution in [0.5, 0.6) is 11.5 Å². The molecule has 5 atom stereocenters. The van der Waals surface area contributed by atoms with Crippen LogP contribution in [0.2, 0.25) is 0 Å². The zero-order valence-electron chi connectivity index (χ0n) is 20.2. The van der Waals surface area contributed by atoms with Crippen molar-refractivity contribution < 1.29 is 49.0 Å². The van der Waals surface area contributed by atoms with Crippen LogP contribution in [0.4, 0.5) is 0 Å². The molecule has 1 fully saturated rings. The molecule has 1 saturated heterocycles. The number of esters is 1. The molecular weight excluding hydrogens is 448 g/mol. The van der Waals surface area contributed by atoms with Crippen LogP contribution in [0.1, 0.15) is 47.1 Å². The molecule has 0 bridgehead atoms. The largest absolute Gasteiger partial charge is 0.484 e.